The number of aryl methyl sites for hydroxylation is 2. The molecule has 2 aromatic rings. The largest absolute Gasteiger partial charge is 0.496 e. The fraction of sp³-hybridized carbons (Fsp3) is 0.250. The van der Waals surface area contributed by atoms with Crippen molar-refractivity contribution in [2.24, 2.45) is 0 Å². The quantitative estimate of drug-likeness (QED) is 0.914. The molecule has 0 aliphatic rings. The Balaban J connectivity index is 2.51. The molecule has 0 heterocycles. The minimum Gasteiger partial charge on any atom is -0.496 e. The van der Waals surface area contributed by atoms with Gasteiger partial charge in [-0.1, -0.05) is 23.8 Å². The maximum Gasteiger partial charge on any atom is 0.125 e. The highest BCUT2D eigenvalue weighted by Gasteiger charge is 2.18. The molecule has 0 radical (unpaired) electrons. The van der Waals surface area contributed by atoms with Crippen molar-refractivity contribution in [3.05, 3.63) is 64.5 Å². The van der Waals surface area contributed by atoms with Crippen LogP contribution in [-0.2, 0) is 0 Å². The van der Waals surface area contributed by atoms with Gasteiger partial charge in [0.1, 0.15) is 17.7 Å². The van der Waals surface area contributed by atoms with Crippen LogP contribution in [0, 0.1) is 19.7 Å². The van der Waals surface area contributed by atoms with Gasteiger partial charge in [0.2, 0.25) is 0 Å². The van der Waals surface area contributed by atoms with Crippen LogP contribution in [0.3, 0.4) is 0 Å². The van der Waals surface area contributed by atoms with Crippen LogP contribution in [0.2, 0.25) is 0 Å². The SMILES string of the molecule is COc1ccc(F)cc1C(O)c1cc(C)ccc1C. The first kappa shape index (κ1) is 13.6. The van der Waals surface area contributed by atoms with Crippen molar-refractivity contribution >= 4 is 0 Å². The molecule has 2 aromatic carbocycles. The number of hydrogen-bond donors (Lipinski definition) is 1. The second kappa shape index (κ2) is 5.41. The third kappa shape index (κ3) is 2.76. The predicted molar refractivity (Wildman–Crippen MR) is 72.9 cm³/mol. The summed E-state index contributed by atoms with van der Waals surface area (Å²) in [5.41, 5.74) is 3.22. The standard InChI is InChI=1S/C16H17FO2/c1-10-4-5-11(2)13(8-10)16(18)14-9-12(17)6-7-15(14)19-3/h4-9,16,18H,1-3H3. The van der Waals surface area contributed by atoms with Crippen molar-refractivity contribution in [1.29, 1.82) is 0 Å². The maximum absolute atomic E-state index is 13.4. The normalized spacial score (nSPS) is 12.3. The first-order valence-corrected chi connectivity index (χ1v) is 6.11. The lowest BCUT2D eigenvalue weighted by molar-refractivity contribution is 0.213. The summed E-state index contributed by atoms with van der Waals surface area (Å²) in [6, 6.07) is 9.99. The van der Waals surface area contributed by atoms with Gasteiger partial charge in [-0.2, -0.15) is 0 Å². The molecule has 0 saturated carbocycles. The lowest BCUT2D eigenvalue weighted by atomic mass is 9.95. The Labute approximate surface area is 112 Å². The van der Waals surface area contributed by atoms with E-state index in [1.54, 1.807) is 0 Å². The summed E-state index contributed by atoms with van der Waals surface area (Å²) in [5, 5.41) is 10.5. The topological polar surface area (TPSA) is 29.5 Å². The average molecular weight is 260 g/mol. The van der Waals surface area contributed by atoms with Crippen LogP contribution in [0.15, 0.2) is 36.4 Å². The first-order valence-electron chi connectivity index (χ1n) is 6.11. The van der Waals surface area contributed by atoms with E-state index in [1.165, 1.54) is 25.3 Å². The minimum absolute atomic E-state index is 0.389. The Hall–Kier alpha value is -1.87. The molecular formula is C16H17FO2. The fourth-order valence-electron chi connectivity index (χ4n) is 2.14. The number of benzene rings is 2. The Morgan fingerprint density at radius 3 is 2.47 bits per heavy atom. The summed E-state index contributed by atoms with van der Waals surface area (Å²) in [5.74, 6) is 0.0926. The van der Waals surface area contributed by atoms with E-state index < -0.39 is 6.10 Å². The second-order valence-electron chi connectivity index (χ2n) is 4.65. The minimum atomic E-state index is -0.898. The number of methoxy groups -OCH3 is 1. The summed E-state index contributed by atoms with van der Waals surface area (Å²) in [4.78, 5) is 0. The number of rotatable bonds is 3. The molecule has 2 rings (SSSR count). The van der Waals surface area contributed by atoms with E-state index >= 15 is 0 Å². The summed E-state index contributed by atoms with van der Waals surface area (Å²) in [6.07, 6.45) is -0.898. The van der Waals surface area contributed by atoms with Gasteiger partial charge in [-0.05, 0) is 43.2 Å². The van der Waals surface area contributed by atoms with E-state index in [4.69, 9.17) is 4.74 Å². The van der Waals surface area contributed by atoms with Crippen LogP contribution in [-0.4, -0.2) is 12.2 Å². The van der Waals surface area contributed by atoms with Crippen LogP contribution in [0.4, 0.5) is 4.39 Å². The van der Waals surface area contributed by atoms with Crippen molar-refractivity contribution in [1.82, 2.24) is 0 Å². The molecule has 2 nitrogen and oxygen atoms in total. The maximum atomic E-state index is 13.4. The number of aliphatic hydroxyl groups is 1. The number of ether oxygens (including phenoxy) is 1. The molecule has 0 aliphatic carbocycles. The number of aliphatic hydroxyl groups excluding tert-OH is 1. The highest BCUT2D eigenvalue weighted by Crippen LogP contribution is 2.32. The molecule has 19 heavy (non-hydrogen) atoms. The Kier molecular flexibility index (Phi) is 3.86. The van der Waals surface area contributed by atoms with Gasteiger partial charge in [0.15, 0.2) is 0 Å². The van der Waals surface area contributed by atoms with E-state index in [0.717, 1.165) is 16.7 Å². The van der Waals surface area contributed by atoms with Crippen molar-refractivity contribution in [3.8, 4) is 5.75 Å². The molecule has 0 bridgehead atoms. The number of halogens is 1. The van der Waals surface area contributed by atoms with Crippen molar-refractivity contribution in [2.75, 3.05) is 7.11 Å². The van der Waals surface area contributed by atoms with Crippen LogP contribution in [0.1, 0.15) is 28.4 Å². The van der Waals surface area contributed by atoms with Crippen LogP contribution in [0.25, 0.3) is 0 Å². The molecule has 3 heteroatoms. The molecule has 1 N–H and O–H groups in total. The third-order valence-corrected chi connectivity index (χ3v) is 3.22. The summed E-state index contributed by atoms with van der Waals surface area (Å²) < 4.78 is 18.6. The molecule has 0 amide bonds. The van der Waals surface area contributed by atoms with Crippen LogP contribution in [0.5, 0.6) is 5.75 Å². The monoisotopic (exact) mass is 260 g/mol. The zero-order valence-electron chi connectivity index (χ0n) is 11.3. The zero-order chi connectivity index (χ0) is 14.0. The van der Waals surface area contributed by atoms with Crippen LogP contribution >= 0.6 is 0 Å². The fourth-order valence-corrected chi connectivity index (χ4v) is 2.14. The zero-order valence-corrected chi connectivity index (χ0v) is 11.3. The summed E-state index contributed by atoms with van der Waals surface area (Å²) in [7, 11) is 1.51. The molecule has 0 spiro atoms. The van der Waals surface area contributed by atoms with Gasteiger partial charge < -0.3 is 9.84 Å². The molecule has 0 fully saturated rings. The van der Waals surface area contributed by atoms with Gasteiger partial charge in [0.05, 0.1) is 7.11 Å². The van der Waals surface area contributed by atoms with Gasteiger partial charge >= 0.3 is 0 Å². The highest BCUT2D eigenvalue weighted by molar-refractivity contribution is 5.43. The highest BCUT2D eigenvalue weighted by atomic mass is 19.1. The molecule has 1 atom stereocenters. The molecule has 0 saturated heterocycles. The Morgan fingerprint density at radius 1 is 1.05 bits per heavy atom. The lowest BCUT2D eigenvalue weighted by Gasteiger charge is -2.17. The van der Waals surface area contributed by atoms with Gasteiger partial charge in [-0.15, -0.1) is 0 Å². The van der Waals surface area contributed by atoms with E-state index in [9.17, 15) is 9.50 Å². The van der Waals surface area contributed by atoms with E-state index in [0.29, 0.717) is 11.3 Å². The van der Waals surface area contributed by atoms with Gasteiger partial charge in [-0.3, -0.25) is 0 Å². The van der Waals surface area contributed by atoms with E-state index in [1.807, 2.05) is 32.0 Å². The van der Waals surface area contributed by atoms with Crippen molar-refractivity contribution in [2.45, 2.75) is 20.0 Å². The second-order valence-corrected chi connectivity index (χ2v) is 4.65. The Morgan fingerprint density at radius 2 is 1.79 bits per heavy atom. The van der Waals surface area contributed by atoms with E-state index in [2.05, 4.69) is 0 Å². The van der Waals surface area contributed by atoms with Crippen molar-refractivity contribution in [3.63, 3.8) is 0 Å². The first-order chi connectivity index (χ1) is 9.02. The van der Waals surface area contributed by atoms with Gasteiger partial charge in [-0.25, -0.2) is 4.39 Å². The molecule has 100 valence electrons. The summed E-state index contributed by atoms with van der Waals surface area (Å²) >= 11 is 0. The molecular weight excluding hydrogens is 243 g/mol. The van der Waals surface area contributed by atoms with E-state index in [-0.39, 0.29) is 5.82 Å². The van der Waals surface area contributed by atoms with Crippen molar-refractivity contribution < 1.29 is 14.2 Å². The molecule has 1 unspecified atom stereocenters. The molecule has 0 aromatic heterocycles. The van der Waals surface area contributed by atoms with Gasteiger partial charge in [0.25, 0.3) is 0 Å². The average Bonchev–Trinajstić information content (AvgIpc) is 2.40. The van der Waals surface area contributed by atoms with Crippen LogP contribution < -0.4 is 4.74 Å². The smallest absolute Gasteiger partial charge is 0.125 e. The molecule has 0 aliphatic heterocycles. The van der Waals surface area contributed by atoms with Gasteiger partial charge in [0, 0.05) is 5.56 Å². The lowest BCUT2D eigenvalue weighted by Crippen LogP contribution is -2.05. The number of hydrogen-bond acceptors (Lipinski definition) is 2. The predicted octanol–water partition coefficient (Wildman–Crippen LogP) is 3.53. The summed E-state index contributed by atoms with van der Waals surface area (Å²) in [6.45, 7) is 3.88. The third-order valence-electron chi connectivity index (χ3n) is 3.22. The Bertz CT molecular complexity index is 593.